The molecule has 2 rings (SSSR count). The molecule has 1 aliphatic heterocycles. The van der Waals surface area contributed by atoms with Crippen LogP contribution in [0.1, 0.15) is 6.92 Å². The number of benzene rings is 1. The molecule has 3 nitrogen and oxygen atoms in total. The molecule has 76 valence electrons. The third-order valence-corrected chi connectivity index (χ3v) is 2.57. The molecule has 0 amide bonds. The van der Waals surface area contributed by atoms with Crippen molar-refractivity contribution in [2.24, 2.45) is 5.10 Å². The average Bonchev–Trinajstić information content (AvgIpc) is 2.56. The molecule has 1 heterocycles. The summed E-state index contributed by atoms with van der Waals surface area (Å²) in [5.74, 6) is 0. The van der Waals surface area contributed by atoms with Crippen LogP contribution in [-0.4, -0.2) is 19.0 Å². The van der Waals surface area contributed by atoms with Gasteiger partial charge < -0.3 is 0 Å². The fourth-order valence-corrected chi connectivity index (χ4v) is 1.74. The second kappa shape index (κ2) is 3.44. The average molecular weight is 201 g/mol. The first-order chi connectivity index (χ1) is 7.15. The molecular weight excluding hydrogens is 188 g/mol. The van der Waals surface area contributed by atoms with Gasteiger partial charge in [0.1, 0.15) is 19.0 Å². The van der Waals surface area contributed by atoms with Crippen molar-refractivity contribution in [2.45, 2.75) is 6.92 Å². The molecule has 0 spiro atoms. The Kier molecular flexibility index (Phi) is 2.25. The maximum atomic E-state index is 10.8. The lowest BCUT2D eigenvalue weighted by Gasteiger charge is -2.19. The quantitative estimate of drug-likeness (QED) is 0.532. The molecule has 3 heteroatoms. The Morgan fingerprint density at radius 2 is 1.93 bits per heavy atom. The van der Waals surface area contributed by atoms with Crippen LogP contribution in [0.25, 0.3) is 0 Å². The van der Waals surface area contributed by atoms with E-state index in [1.165, 1.54) is 0 Å². The molecule has 0 saturated carbocycles. The Balaban J connectivity index is 2.48. The minimum atomic E-state index is 0.320. The number of carbonyl (C=O) groups is 1. The van der Waals surface area contributed by atoms with Crippen molar-refractivity contribution in [1.29, 1.82) is 0 Å². The van der Waals surface area contributed by atoms with E-state index in [1.807, 2.05) is 50.5 Å². The summed E-state index contributed by atoms with van der Waals surface area (Å²) in [4.78, 5) is 10.8. The second-order valence-corrected chi connectivity index (χ2v) is 3.75. The topological polar surface area (TPSA) is 29.4 Å². The predicted molar refractivity (Wildman–Crippen MR) is 61.4 cm³/mol. The zero-order chi connectivity index (χ0) is 10.9. The lowest BCUT2D eigenvalue weighted by Crippen LogP contribution is -2.30. The summed E-state index contributed by atoms with van der Waals surface area (Å²) in [7, 11) is 1.95. The molecule has 15 heavy (non-hydrogen) atoms. The summed E-state index contributed by atoms with van der Waals surface area (Å²) in [6.07, 6.45) is 2.71. The molecule has 1 aromatic rings. The van der Waals surface area contributed by atoms with Gasteiger partial charge in [0.05, 0.1) is 5.57 Å². The molecule has 0 aliphatic carbocycles. The summed E-state index contributed by atoms with van der Waals surface area (Å²) in [6, 6.07) is 9.90. The largest absolute Gasteiger partial charge is 0.298 e. The normalized spacial score (nSPS) is 24.7. The number of hydrogen-bond donors (Lipinski definition) is 0. The highest BCUT2D eigenvalue weighted by Crippen LogP contribution is 2.27. The van der Waals surface area contributed by atoms with Crippen LogP contribution < -0.4 is 4.59 Å². The molecule has 1 aromatic carbocycles. The van der Waals surface area contributed by atoms with E-state index in [0.29, 0.717) is 10.2 Å². The summed E-state index contributed by atoms with van der Waals surface area (Å²) < 4.78 is 0.320. The van der Waals surface area contributed by atoms with Gasteiger partial charge in [0, 0.05) is 12.1 Å². The fourth-order valence-electron chi connectivity index (χ4n) is 1.74. The number of allylic oxidation sites excluding steroid dienone is 1. The highest BCUT2D eigenvalue weighted by Gasteiger charge is 2.30. The first-order valence-electron chi connectivity index (χ1n) is 4.83. The van der Waals surface area contributed by atoms with Gasteiger partial charge in [-0.1, -0.05) is 23.3 Å². The number of rotatable bonds is 2. The lowest BCUT2D eigenvalue weighted by atomic mass is 10.2. The Morgan fingerprint density at radius 3 is 2.47 bits per heavy atom. The van der Waals surface area contributed by atoms with Crippen molar-refractivity contribution in [3.05, 3.63) is 42.1 Å². The summed E-state index contributed by atoms with van der Waals surface area (Å²) in [6.45, 7) is 1.85. The number of aldehydes is 1. The van der Waals surface area contributed by atoms with Crippen LogP contribution in [-0.2, 0) is 4.79 Å². The number of para-hydroxylation sites is 1. The highest BCUT2D eigenvalue weighted by molar-refractivity contribution is 6.15. The highest BCUT2D eigenvalue weighted by atomic mass is 16.1. The van der Waals surface area contributed by atoms with E-state index in [9.17, 15) is 4.79 Å². The van der Waals surface area contributed by atoms with Crippen LogP contribution in [0.2, 0.25) is 0 Å². The SMILES string of the molecule is CC1=N[N+](C)(c2ccccc2)C=C1C=O. The molecule has 0 fully saturated rings. The minimum Gasteiger partial charge on any atom is -0.298 e. The Bertz CT molecular complexity index is 448. The van der Waals surface area contributed by atoms with Crippen LogP contribution in [0.3, 0.4) is 0 Å². The van der Waals surface area contributed by atoms with Gasteiger partial charge in [0.2, 0.25) is 0 Å². The smallest absolute Gasteiger partial charge is 0.163 e. The standard InChI is InChI=1S/C12H13N2O/c1-10-11(9-15)8-14(2,13-10)12-6-4-3-5-7-12/h3-9H,1-2H3/q+1. The van der Waals surface area contributed by atoms with E-state index in [2.05, 4.69) is 5.10 Å². The first kappa shape index (κ1) is 9.80. The third kappa shape index (κ3) is 1.62. The molecule has 0 saturated heterocycles. The summed E-state index contributed by atoms with van der Waals surface area (Å²) >= 11 is 0. The van der Waals surface area contributed by atoms with Gasteiger partial charge in [0.25, 0.3) is 0 Å². The van der Waals surface area contributed by atoms with Crippen molar-refractivity contribution in [3.8, 4) is 0 Å². The molecule has 1 atom stereocenters. The van der Waals surface area contributed by atoms with Gasteiger partial charge in [-0.15, -0.1) is 4.59 Å². The predicted octanol–water partition coefficient (Wildman–Crippen LogP) is 2.10. The van der Waals surface area contributed by atoms with E-state index in [-0.39, 0.29) is 0 Å². The van der Waals surface area contributed by atoms with E-state index in [4.69, 9.17) is 0 Å². The minimum absolute atomic E-state index is 0.320. The van der Waals surface area contributed by atoms with Gasteiger partial charge in [-0.05, 0) is 6.92 Å². The van der Waals surface area contributed by atoms with Gasteiger partial charge in [-0.25, -0.2) is 0 Å². The number of quaternary nitrogens is 1. The van der Waals surface area contributed by atoms with E-state index < -0.39 is 0 Å². The van der Waals surface area contributed by atoms with Crippen molar-refractivity contribution < 1.29 is 4.79 Å². The maximum Gasteiger partial charge on any atom is 0.163 e. The number of carbonyl (C=O) groups excluding carboxylic acids is 1. The molecule has 0 aromatic heterocycles. The zero-order valence-corrected chi connectivity index (χ0v) is 8.84. The monoisotopic (exact) mass is 201 g/mol. The maximum absolute atomic E-state index is 10.8. The van der Waals surface area contributed by atoms with Crippen molar-refractivity contribution in [1.82, 2.24) is 4.59 Å². The first-order valence-corrected chi connectivity index (χ1v) is 4.83. The number of nitrogens with zero attached hydrogens (tertiary/aromatic N) is 2. The van der Waals surface area contributed by atoms with E-state index in [0.717, 1.165) is 17.7 Å². The van der Waals surface area contributed by atoms with Crippen LogP contribution in [0.4, 0.5) is 5.69 Å². The molecule has 0 radical (unpaired) electrons. The molecule has 1 unspecified atom stereocenters. The van der Waals surface area contributed by atoms with Crippen LogP contribution in [0, 0.1) is 0 Å². The lowest BCUT2D eigenvalue weighted by molar-refractivity contribution is -0.104. The fraction of sp³-hybridized carbons (Fsp3) is 0.167. The second-order valence-electron chi connectivity index (χ2n) is 3.75. The summed E-state index contributed by atoms with van der Waals surface area (Å²) in [5, 5.41) is 4.47. The van der Waals surface area contributed by atoms with E-state index in [1.54, 1.807) is 0 Å². The van der Waals surface area contributed by atoms with Crippen molar-refractivity contribution in [3.63, 3.8) is 0 Å². The molecule has 1 aliphatic rings. The Labute approximate surface area is 88.9 Å². The number of hydrogen-bond acceptors (Lipinski definition) is 2. The van der Waals surface area contributed by atoms with Crippen LogP contribution in [0.15, 0.2) is 47.2 Å². The Hall–Kier alpha value is -1.74. The summed E-state index contributed by atoms with van der Waals surface area (Å²) in [5.41, 5.74) is 2.51. The Morgan fingerprint density at radius 1 is 1.27 bits per heavy atom. The van der Waals surface area contributed by atoms with Crippen molar-refractivity contribution in [2.75, 3.05) is 7.05 Å². The van der Waals surface area contributed by atoms with Gasteiger partial charge in [-0.3, -0.25) is 4.79 Å². The molecule has 0 bridgehead atoms. The van der Waals surface area contributed by atoms with Crippen LogP contribution in [0.5, 0.6) is 0 Å². The third-order valence-electron chi connectivity index (χ3n) is 2.57. The van der Waals surface area contributed by atoms with Gasteiger partial charge in [-0.2, -0.15) is 0 Å². The zero-order valence-electron chi connectivity index (χ0n) is 8.84. The van der Waals surface area contributed by atoms with E-state index >= 15 is 0 Å². The molecule has 0 N–H and O–H groups in total. The van der Waals surface area contributed by atoms with Crippen molar-refractivity contribution >= 4 is 17.7 Å². The van der Waals surface area contributed by atoms with Crippen LogP contribution >= 0.6 is 0 Å². The molecular formula is C12H13N2O+. The van der Waals surface area contributed by atoms with Gasteiger partial charge >= 0.3 is 0 Å². The van der Waals surface area contributed by atoms with Gasteiger partial charge in [0.15, 0.2) is 12.0 Å².